The number of rotatable bonds is 7. The molecule has 1 aromatic carbocycles. The number of carbonyl (C=O) groups is 1. The molecule has 23 heavy (non-hydrogen) atoms. The number of nitriles is 1. The second-order valence-electron chi connectivity index (χ2n) is 5.92. The second-order valence-corrected chi connectivity index (χ2v) is 5.92. The predicted molar refractivity (Wildman–Crippen MR) is 85.6 cm³/mol. The minimum Gasteiger partial charge on any atom is -0.491 e. The Morgan fingerprint density at radius 3 is 2.61 bits per heavy atom. The van der Waals surface area contributed by atoms with Crippen LogP contribution >= 0.6 is 0 Å². The first-order valence-electron chi connectivity index (χ1n) is 7.87. The van der Waals surface area contributed by atoms with E-state index >= 15 is 0 Å². The van der Waals surface area contributed by atoms with Crippen LogP contribution in [-0.2, 0) is 11.2 Å². The normalized spacial score (nSPS) is 17.4. The zero-order valence-corrected chi connectivity index (χ0v) is 13.1. The summed E-state index contributed by atoms with van der Waals surface area (Å²) in [6.45, 7) is 2.28. The number of piperidine rings is 1. The van der Waals surface area contributed by atoms with Crippen LogP contribution in [0.4, 0.5) is 0 Å². The Bertz CT molecular complexity index is 545. The van der Waals surface area contributed by atoms with Gasteiger partial charge in [-0.15, -0.1) is 0 Å². The van der Waals surface area contributed by atoms with Gasteiger partial charge in [0.05, 0.1) is 12.5 Å². The zero-order chi connectivity index (χ0) is 16.7. The lowest BCUT2D eigenvalue weighted by Gasteiger charge is -2.31. The summed E-state index contributed by atoms with van der Waals surface area (Å²) in [6, 6.07) is 9.39. The van der Waals surface area contributed by atoms with Crippen molar-refractivity contribution in [1.29, 1.82) is 5.26 Å². The molecule has 0 aliphatic carbocycles. The molecular weight excluding hydrogens is 294 g/mol. The molecule has 0 saturated carbocycles. The Morgan fingerprint density at radius 2 is 2.04 bits per heavy atom. The van der Waals surface area contributed by atoms with Crippen molar-refractivity contribution in [2.75, 3.05) is 26.2 Å². The van der Waals surface area contributed by atoms with E-state index in [0.717, 1.165) is 31.5 Å². The zero-order valence-electron chi connectivity index (χ0n) is 13.1. The molecule has 2 rings (SSSR count). The number of aliphatic hydroxyl groups is 1. The number of amides is 1. The molecule has 1 unspecified atom stereocenters. The van der Waals surface area contributed by atoms with Gasteiger partial charge >= 0.3 is 0 Å². The molecular formula is C17H23N3O3. The lowest BCUT2D eigenvalue weighted by Crippen LogP contribution is -2.43. The number of nitrogens with two attached hydrogens (primary N) is 1. The Balaban J connectivity index is 1.70. The molecule has 6 heteroatoms. The Morgan fingerprint density at radius 1 is 1.39 bits per heavy atom. The fourth-order valence-electron chi connectivity index (χ4n) is 2.74. The van der Waals surface area contributed by atoms with Crippen molar-refractivity contribution in [2.45, 2.75) is 25.4 Å². The van der Waals surface area contributed by atoms with Gasteiger partial charge < -0.3 is 20.5 Å². The predicted octanol–water partition coefficient (Wildman–Crippen LogP) is 0.690. The van der Waals surface area contributed by atoms with Gasteiger partial charge in [-0.05, 0) is 43.6 Å². The number of carbonyl (C=O) groups excluding carboxylic acids is 1. The summed E-state index contributed by atoms with van der Waals surface area (Å²) in [4.78, 5) is 13.3. The second kappa shape index (κ2) is 8.51. The lowest BCUT2D eigenvalue weighted by molar-refractivity contribution is -0.123. The molecule has 1 heterocycles. The van der Waals surface area contributed by atoms with E-state index in [-0.39, 0.29) is 18.4 Å². The summed E-state index contributed by atoms with van der Waals surface area (Å²) in [5.41, 5.74) is 6.25. The van der Waals surface area contributed by atoms with Crippen LogP contribution in [-0.4, -0.2) is 48.3 Å². The fraction of sp³-hybridized carbons (Fsp3) is 0.529. The number of likely N-dealkylation sites (tertiary alicyclic amines) is 1. The fourth-order valence-corrected chi connectivity index (χ4v) is 2.74. The Kier molecular flexibility index (Phi) is 6.39. The molecule has 1 saturated heterocycles. The van der Waals surface area contributed by atoms with Gasteiger partial charge in [0.1, 0.15) is 18.5 Å². The topological polar surface area (TPSA) is 99.6 Å². The molecule has 1 aliphatic rings. The third-order valence-corrected chi connectivity index (χ3v) is 4.11. The molecule has 6 nitrogen and oxygen atoms in total. The standard InChI is InChI=1S/C17H23N3O3/c18-8-5-13-1-3-16(4-2-13)23-12-15(21)11-20-9-6-14(7-10-20)17(19)22/h1-4,14-15,21H,5-7,9-12H2,(H2,19,22). The van der Waals surface area contributed by atoms with Crippen LogP contribution in [0.5, 0.6) is 5.75 Å². The average Bonchev–Trinajstić information content (AvgIpc) is 2.55. The maximum atomic E-state index is 11.1. The van der Waals surface area contributed by atoms with Gasteiger partial charge in [0.2, 0.25) is 5.91 Å². The minimum absolute atomic E-state index is 0.0356. The van der Waals surface area contributed by atoms with Crippen LogP contribution in [0.15, 0.2) is 24.3 Å². The molecule has 124 valence electrons. The number of benzene rings is 1. The van der Waals surface area contributed by atoms with Crippen LogP contribution in [0.3, 0.4) is 0 Å². The van der Waals surface area contributed by atoms with E-state index in [0.29, 0.717) is 18.7 Å². The monoisotopic (exact) mass is 317 g/mol. The van der Waals surface area contributed by atoms with Gasteiger partial charge in [-0.25, -0.2) is 0 Å². The molecule has 1 atom stereocenters. The number of aliphatic hydroxyl groups excluding tert-OH is 1. The Hall–Kier alpha value is -2.10. The maximum absolute atomic E-state index is 11.1. The van der Waals surface area contributed by atoms with Gasteiger partial charge in [0.15, 0.2) is 0 Å². The number of β-amino-alcohol motifs (C(OH)–C–C–N with tert-alkyl or cyclic N) is 1. The van der Waals surface area contributed by atoms with Gasteiger partial charge in [-0.2, -0.15) is 5.26 Å². The summed E-state index contributed by atoms with van der Waals surface area (Å²) >= 11 is 0. The molecule has 1 aliphatic heterocycles. The van der Waals surface area contributed by atoms with Gasteiger partial charge in [-0.3, -0.25) is 4.79 Å². The summed E-state index contributed by atoms with van der Waals surface area (Å²) in [5.74, 6) is 0.415. The molecule has 1 fully saturated rings. The van der Waals surface area contributed by atoms with E-state index in [2.05, 4.69) is 11.0 Å². The molecule has 0 aromatic heterocycles. The molecule has 0 bridgehead atoms. The lowest BCUT2D eigenvalue weighted by atomic mass is 9.96. The van der Waals surface area contributed by atoms with E-state index in [1.165, 1.54) is 0 Å². The maximum Gasteiger partial charge on any atom is 0.220 e. The summed E-state index contributed by atoms with van der Waals surface area (Å²) < 4.78 is 5.57. The average molecular weight is 317 g/mol. The SMILES string of the molecule is N#CCc1ccc(OCC(O)CN2CCC(C(N)=O)CC2)cc1. The number of hydrogen-bond acceptors (Lipinski definition) is 5. The number of hydrogen-bond donors (Lipinski definition) is 2. The quantitative estimate of drug-likeness (QED) is 0.771. The molecule has 0 spiro atoms. The highest BCUT2D eigenvalue weighted by Crippen LogP contribution is 2.17. The number of ether oxygens (including phenoxy) is 1. The highest BCUT2D eigenvalue weighted by atomic mass is 16.5. The van der Waals surface area contributed by atoms with Gasteiger partial charge in [0.25, 0.3) is 0 Å². The molecule has 0 radical (unpaired) electrons. The first-order chi connectivity index (χ1) is 11.1. The van der Waals surface area contributed by atoms with Crippen LogP contribution < -0.4 is 10.5 Å². The molecule has 3 N–H and O–H groups in total. The van der Waals surface area contributed by atoms with Gasteiger partial charge in [-0.1, -0.05) is 12.1 Å². The largest absolute Gasteiger partial charge is 0.491 e. The molecule has 1 amide bonds. The van der Waals surface area contributed by atoms with Crippen LogP contribution in [0, 0.1) is 17.2 Å². The Labute approximate surface area is 136 Å². The third-order valence-electron chi connectivity index (χ3n) is 4.11. The number of primary amides is 1. The van der Waals surface area contributed by atoms with Crippen LogP contribution in [0.1, 0.15) is 18.4 Å². The van der Waals surface area contributed by atoms with Crippen molar-refractivity contribution >= 4 is 5.91 Å². The van der Waals surface area contributed by atoms with E-state index in [4.69, 9.17) is 15.7 Å². The first kappa shape index (κ1) is 17.3. The molecule has 1 aromatic rings. The third kappa shape index (κ3) is 5.55. The van der Waals surface area contributed by atoms with Crippen molar-refractivity contribution in [3.63, 3.8) is 0 Å². The smallest absolute Gasteiger partial charge is 0.220 e. The minimum atomic E-state index is -0.584. The number of nitrogens with zero attached hydrogens (tertiary/aromatic N) is 2. The summed E-state index contributed by atoms with van der Waals surface area (Å²) in [5, 5.41) is 18.7. The van der Waals surface area contributed by atoms with E-state index < -0.39 is 6.10 Å². The van der Waals surface area contributed by atoms with Crippen molar-refractivity contribution < 1.29 is 14.6 Å². The summed E-state index contributed by atoms with van der Waals surface area (Å²) in [7, 11) is 0. The highest BCUT2D eigenvalue weighted by Gasteiger charge is 2.24. The van der Waals surface area contributed by atoms with Crippen LogP contribution in [0.2, 0.25) is 0 Å². The first-order valence-corrected chi connectivity index (χ1v) is 7.87. The van der Waals surface area contributed by atoms with E-state index in [1.54, 1.807) is 12.1 Å². The van der Waals surface area contributed by atoms with Gasteiger partial charge in [0, 0.05) is 12.5 Å². The van der Waals surface area contributed by atoms with Crippen molar-refractivity contribution in [2.24, 2.45) is 11.7 Å². The van der Waals surface area contributed by atoms with Crippen molar-refractivity contribution in [1.82, 2.24) is 4.90 Å². The van der Waals surface area contributed by atoms with E-state index in [1.807, 2.05) is 12.1 Å². The van der Waals surface area contributed by atoms with Crippen LogP contribution in [0.25, 0.3) is 0 Å². The van der Waals surface area contributed by atoms with Crippen molar-refractivity contribution in [3.8, 4) is 11.8 Å². The summed E-state index contributed by atoms with van der Waals surface area (Å²) in [6.07, 6.45) is 1.30. The van der Waals surface area contributed by atoms with E-state index in [9.17, 15) is 9.90 Å². The highest BCUT2D eigenvalue weighted by molar-refractivity contribution is 5.76. The van der Waals surface area contributed by atoms with Crippen molar-refractivity contribution in [3.05, 3.63) is 29.8 Å².